The molecule has 0 aliphatic carbocycles. The van der Waals surface area contributed by atoms with E-state index in [1.165, 1.54) is 0 Å². The summed E-state index contributed by atoms with van der Waals surface area (Å²) in [5.74, 6) is -0.845. The summed E-state index contributed by atoms with van der Waals surface area (Å²) < 4.78 is 5.15. The van der Waals surface area contributed by atoms with Crippen LogP contribution in [0.4, 0.5) is 0 Å². The van der Waals surface area contributed by atoms with Gasteiger partial charge >= 0.3 is 5.97 Å². The molecule has 0 heterocycles. The third-order valence-electron chi connectivity index (χ3n) is 3.15. The molecular weight excluding hydrogens is 276 g/mol. The maximum absolute atomic E-state index is 11.5. The number of halogens is 1. The zero-order valence-electron chi connectivity index (χ0n) is 11.0. The molecule has 2 aromatic rings. The number of ether oxygens (including phenoxy) is 1. The molecular formula is C16H15ClO3. The van der Waals surface area contributed by atoms with Gasteiger partial charge in [0.05, 0.1) is 13.0 Å². The third kappa shape index (κ3) is 3.31. The smallest absolute Gasteiger partial charge is 0.311 e. The van der Waals surface area contributed by atoms with Crippen LogP contribution in [0.3, 0.4) is 0 Å². The molecule has 0 aliphatic heterocycles. The van der Waals surface area contributed by atoms with Crippen molar-refractivity contribution in [3.8, 4) is 5.75 Å². The number of rotatable bonds is 5. The van der Waals surface area contributed by atoms with E-state index in [1.54, 1.807) is 31.4 Å². The van der Waals surface area contributed by atoms with Crippen LogP contribution in [0.5, 0.6) is 5.75 Å². The summed E-state index contributed by atoms with van der Waals surface area (Å²) in [4.78, 5) is 11.5. The largest absolute Gasteiger partial charge is 0.497 e. The Morgan fingerprint density at radius 1 is 1.25 bits per heavy atom. The molecule has 4 heteroatoms. The van der Waals surface area contributed by atoms with Crippen molar-refractivity contribution in [3.05, 3.63) is 64.7 Å². The summed E-state index contributed by atoms with van der Waals surface area (Å²) in [7, 11) is 1.59. The highest BCUT2D eigenvalue weighted by Crippen LogP contribution is 2.28. The van der Waals surface area contributed by atoms with Crippen molar-refractivity contribution in [1.29, 1.82) is 0 Å². The first-order chi connectivity index (χ1) is 9.61. The molecule has 2 aromatic carbocycles. The SMILES string of the molecule is COc1cccc(CC(C(=O)O)c2ccccc2Cl)c1. The first kappa shape index (κ1) is 14.4. The molecule has 0 spiro atoms. The lowest BCUT2D eigenvalue weighted by atomic mass is 9.92. The van der Waals surface area contributed by atoms with E-state index in [0.29, 0.717) is 22.8 Å². The van der Waals surface area contributed by atoms with Gasteiger partial charge < -0.3 is 9.84 Å². The van der Waals surface area contributed by atoms with Crippen LogP contribution in [-0.4, -0.2) is 18.2 Å². The zero-order valence-corrected chi connectivity index (χ0v) is 11.8. The van der Waals surface area contributed by atoms with E-state index >= 15 is 0 Å². The molecule has 0 bridgehead atoms. The van der Waals surface area contributed by atoms with E-state index in [4.69, 9.17) is 16.3 Å². The van der Waals surface area contributed by atoms with Gasteiger partial charge in [-0.25, -0.2) is 0 Å². The topological polar surface area (TPSA) is 46.5 Å². The molecule has 0 fully saturated rings. The Kier molecular flexibility index (Phi) is 4.64. The first-order valence-electron chi connectivity index (χ1n) is 6.22. The Hall–Kier alpha value is -2.00. The summed E-state index contributed by atoms with van der Waals surface area (Å²) in [6.45, 7) is 0. The van der Waals surface area contributed by atoms with Crippen molar-refractivity contribution >= 4 is 17.6 Å². The first-order valence-corrected chi connectivity index (χ1v) is 6.59. The third-order valence-corrected chi connectivity index (χ3v) is 3.50. The number of hydrogen-bond donors (Lipinski definition) is 1. The van der Waals surface area contributed by atoms with E-state index in [1.807, 2.05) is 24.3 Å². The van der Waals surface area contributed by atoms with Gasteiger partial charge in [-0.15, -0.1) is 0 Å². The van der Waals surface area contributed by atoms with E-state index in [0.717, 1.165) is 5.56 Å². The summed E-state index contributed by atoms with van der Waals surface area (Å²) >= 11 is 6.10. The van der Waals surface area contributed by atoms with Crippen molar-refractivity contribution in [2.45, 2.75) is 12.3 Å². The molecule has 1 atom stereocenters. The number of methoxy groups -OCH3 is 1. The highest BCUT2D eigenvalue weighted by Gasteiger charge is 2.22. The second kappa shape index (κ2) is 6.44. The van der Waals surface area contributed by atoms with E-state index in [2.05, 4.69) is 0 Å². The molecule has 1 N–H and O–H groups in total. The minimum Gasteiger partial charge on any atom is -0.497 e. The maximum atomic E-state index is 11.5. The molecule has 0 aromatic heterocycles. The molecule has 0 saturated carbocycles. The Bertz CT molecular complexity index is 610. The Morgan fingerprint density at radius 2 is 2.00 bits per heavy atom. The van der Waals surface area contributed by atoms with Crippen LogP contribution in [0.1, 0.15) is 17.0 Å². The number of carbonyl (C=O) groups is 1. The fourth-order valence-electron chi connectivity index (χ4n) is 2.12. The second-order valence-corrected chi connectivity index (χ2v) is 4.88. The number of hydrogen-bond acceptors (Lipinski definition) is 2. The lowest BCUT2D eigenvalue weighted by Gasteiger charge is -2.15. The van der Waals surface area contributed by atoms with Crippen molar-refractivity contribution in [1.82, 2.24) is 0 Å². The normalized spacial score (nSPS) is 11.9. The van der Waals surface area contributed by atoms with E-state index in [-0.39, 0.29) is 0 Å². The molecule has 20 heavy (non-hydrogen) atoms. The van der Waals surface area contributed by atoms with Crippen molar-refractivity contribution in [2.75, 3.05) is 7.11 Å². The standard InChI is InChI=1S/C16H15ClO3/c1-20-12-6-4-5-11(9-12)10-14(16(18)19)13-7-2-3-8-15(13)17/h2-9,14H,10H2,1H3,(H,18,19). The van der Waals surface area contributed by atoms with Crippen LogP contribution in [0.2, 0.25) is 5.02 Å². The van der Waals surface area contributed by atoms with Crippen LogP contribution in [-0.2, 0) is 11.2 Å². The summed E-state index contributed by atoms with van der Waals surface area (Å²) in [6, 6.07) is 14.4. The quantitative estimate of drug-likeness (QED) is 0.912. The van der Waals surface area contributed by atoms with Gasteiger partial charge in [-0.05, 0) is 35.7 Å². The molecule has 3 nitrogen and oxygen atoms in total. The van der Waals surface area contributed by atoms with Crippen LogP contribution >= 0.6 is 11.6 Å². The molecule has 2 rings (SSSR count). The highest BCUT2D eigenvalue weighted by molar-refractivity contribution is 6.31. The van der Waals surface area contributed by atoms with Gasteiger partial charge in [0.1, 0.15) is 5.75 Å². The average Bonchev–Trinajstić information content (AvgIpc) is 2.45. The van der Waals surface area contributed by atoms with E-state index < -0.39 is 11.9 Å². The van der Waals surface area contributed by atoms with Gasteiger partial charge in [-0.1, -0.05) is 41.9 Å². The minimum atomic E-state index is -0.888. The molecule has 0 amide bonds. The van der Waals surface area contributed by atoms with E-state index in [9.17, 15) is 9.90 Å². The zero-order chi connectivity index (χ0) is 14.5. The molecule has 0 aliphatic rings. The summed E-state index contributed by atoms with van der Waals surface area (Å²) in [5.41, 5.74) is 1.53. The number of carboxylic acids is 1. The maximum Gasteiger partial charge on any atom is 0.311 e. The van der Waals surface area contributed by atoms with Crippen LogP contribution < -0.4 is 4.74 Å². The van der Waals surface area contributed by atoms with Gasteiger partial charge in [0, 0.05) is 5.02 Å². The Balaban J connectivity index is 2.31. The van der Waals surface area contributed by atoms with Gasteiger partial charge in [-0.3, -0.25) is 4.79 Å². The predicted molar refractivity (Wildman–Crippen MR) is 78.5 cm³/mol. The molecule has 0 radical (unpaired) electrons. The molecule has 0 saturated heterocycles. The average molecular weight is 291 g/mol. The lowest BCUT2D eigenvalue weighted by Crippen LogP contribution is -2.15. The Morgan fingerprint density at radius 3 is 2.65 bits per heavy atom. The molecule has 104 valence electrons. The number of aliphatic carboxylic acids is 1. The van der Waals surface area contributed by atoms with Gasteiger partial charge in [0.2, 0.25) is 0 Å². The van der Waals surface area contributed by atoms with Crippen LogP contribution in [0, 0.1) is 0 Å². The Labute approximate surface area is 122 Å². The molecule has 1 unspecified atom stereocenters. The van der Waals surface area contributed by atoms with Gasteiger partial charge in [-0.2, -0.15) is 0 Å². The fourth-order valence-corrected chi connectivity index (χ4v) is 2.39. The van der Waals surface area contributed by atoms with Crippen LogP contribution in [0.25, 0.3) is 0 Å². The summed E-state index contributed by atoms with van der Waals surface area (Å²) in [5, 5.41) is 9.92. The number of carboxylic acid groups (broad SMARTS) is 1. The monoisotopic (exact) mass is 290 g/mol. The predicted octanol–water partition coefficient (Wildman–Crippen LogP) is 3.76. The van der Waals surface area contributed by atoms with Crippen molar-refractivity contribution < 1.29 is 14.6 Å². The van der Waals surface area contributed by atoms with Crippen molar-refractivity contribution in [3.63, 3.8) is 0 Å². The lowest BCUT2D eigenvalue weighted by molar-refractivity contribution is -0.138. The number of benzene rings is 2. The summed E-state index contributed by atoms with van der Waals surface area (Å²) in [6.07, 6.45) is 0.371. The van der Waals surface area contributed by atoms with Crippen LogP contribution in [0.15, 0.2) is 48.5 Å². The minimum absolute atomic E-state index is 0.371. The highest BCUT2D eigenvalue weighted by atomic mass is 35.5. The second-order valence-electron chi connectivity index (χ2n) is 4.47. The van der Waals surface area contributed by atoms with Gasteiger partial charge in [0.15, 0.2) is 0 Å². The van der Waals surface area contributed by atoms with Crippen molar-refractivity contribution in [2.24, 2.45) is 0 Å². The fraction of sp³-hybridized carbons (Fsp3) is 0.188. The van der Waals surface area contributed by atoms with Gasteiger partial charge in [0.25, 0.3) is 0 Å².